The zero-order valence-corrected chi connectivity index (χ0v) is 11.8. The predicted octanol–water partition coefficient (Wildman–Crippen LogP) is 2.46. The fraction of sp³-hybridized carbons (Fsp3) is 0.929. The lowest BCUT2D eigenvalue weighted by atomic mass is 10.0. The maximum atomic E-state index is 11.9. The van der Waals surface area contributed by atoms with E-state index in [1.54, 1.807) is 0 Å². The third-order valence-electron chi connectivity index (χ3n) is 3.93. The maximum absolute atomic E-state index is 11.9. The molecule has 1 aliphatic rings. The topological polar surface area (TPSA) is 41.1 Å². The zero-order valence-electron chi connectivity index (χ0n) is 11.8. The molecule has 0 heterocycles. The molecule has 0 aromatic carbocycles. The minimum absolute atomic E-state index is 0.0820. The molecule has 0 bridgehead atoms. The molecule has 17 heavy (non-hydrogen) atoms. The van der Waals surface area contributed by atoms with E-state index in [4.69, 9.17) is 0 Å². The van der Waals surface area contributed by atoms with Gasteiger partial charge in [-0.15, -0.1) is 0 Å². The molecule has 1 rings (SSSR count). The van der Waals surface area contributed by atoms with E-state index >= 15 is 0 Å². The number of nitrogens with one attached hydrogen (secondary N) is 2. The Morgan fingerprint density at radius 2 is 1.94 bits per heavy atom. The highest BCUT2D eigenvalue weighted by molar-refractivity contribution is 5.81. The van der Waals surface area contributed by atoms with E-state index in [1.807, 2.05) is 6.92 Å². The molecule has 0 aromatic heterocycles. The Labute approximate surface area is 106 Å². The minimum Gasteiger partial charge on any atom is -0.350 e. The van der Waals surface area contributed by atoms with Gasteiger partial charge < -0.3 is 10.6 Å². The summed E-state index contributed by atoms with van der Waals surface area (Å²) in [4.78, 5) is 11.9. The van der Waals surface area contributed by atoms with Gasteiger partial charge in [0.2, 0.25) is 5.91 Å². The van der Waals surface area contributed by atoms with Gasteiger partial charge in [0, 0.05) is 5.54 Å². The summed E-state index contributed by atoms with van der Waals surface area (Å²) in [6, 6.07) is -0.0820. The summed E-state index contributed by atoms with van der Waals surface area (Å²) in [6.07, 6.45) is 6.31. The lowest BCUT2D eigenvalue weighted by Crippen LogP contribution is -2.51. The Balaban J connectivity index is 2.26. The molecule has 0 saturated heterocycles. The van der Waals surface area contributed by atoms with E-state index in [-0.39, 0.29) is 17.5 Å². The Kier molecular flexibility index (Phi) is 5.44. The second kappa shape index (κ2) is 6.39. The molecule has 3 nitrogen and oxygen atoms in total. The van der Waals surface area contributed by atoms with E-state index in [0.29, 0.717) is 0 Å². The molecule has 2 N–H and O–H groups in total. The normalized spacial score (nSPS) is 19.3. The zero-order chi connectivity index (χ0) is 12.9. The number of carbonyl (C=O) groups is 1. The molecule has 1 aliphatic carbocycles. The quantitative estimate of drug-likeness (QED) is 0.749. The first-order valence-electron chi connectivity index (χ1n) is 7.00. The molecule has 1 fully saturated rings. The van der Waals surface area contributed by atoms with Crippen LogP contribution in [0.2, 0.25) is 0 Å². The van der Waals surface area contributed by atoms with Crippen LogP contribution in [0.25, 0.3) is 0 Å². The molecule has 1 amide bonds. The summed E-state index contributed by atoms with van der Waals surface area (Å²) in [5.74, 6) is 0.902. The molecule has 1 atom stereocenters. The second-order valence-electron chi connectivity index (χ2n) is 6.01. The van der Waals surface area contributed by atoms with Gasteiger partial charge in [0.05, 0.1) is 6.04 Å². The van der Waals surface area contributed by atoms with Gasteiger partial charge in [-0.05, 0) is 52.5 Å². The first-order chi connectivity index (χ1) is 7.94. The highest BCUT2D eigenvalue weighted by atomic mass is 16.2. The highest BCUT2D eigenvalue weighted by Gasteiger charge is 2.22. The average molecular weight is 240 g/mol. The first-order valence-corrected chi connectivity index (χ1v) is 7.00. The van der Waals surface area contributed by atoms with Crippen molar-refractivity contribution in [3.8, 4) is 0 Å². The monoisotopic (exact) mass is 240 g/mol. The fourth-order valence-electron chi connectivity index (χ4n) is 2.18. The lowest BCUT2D eigenvalue weighted by Gasteiger charge is -2.27. The van der Waals surface area contributed by atoms with Crippen molar-refractivity contribution in [3.05, 3.63) is 0 Å². The van der Waals surface area contributed by atoms with Gasteiger partial charge >= 0.3 is 0 Å². The van der Waals surface area contributed by atoms with Gasteiger partial charge in [0.25, 0.3) is 0 Å². The second-order valence-corrected chi connectivity index (χ2v) is 6.01. The summed E-state index contributed by atoms with van der Waals surface area (Å²) in [5.41, 5.74) is -0.0968. The van der Waals surface area contributed by atoms with Gasteiger partial charge in [-0.2, -0.15) is 0 Å². The van der Waals surface area contributed by atoms with Crippen molar-refractivity contribution in [1.82, 2.24) is 10.6 Å². The van der Waals surface area contributed by atoms with Gasteiger partial charge in [-0.3, -0.25) is 4.79 Å². The molecular weight excluding hydrogens is 212 g/mol. The maximum Gasteiger partial charge on any atom is 0.237 e. The van der Waals surface area contributed by atoms with E-state index < -0.39 is 0 Å². The molecule has 0 radical (unpaired) electrons. The van der Waals surface area contributed by atoms with Crippen LogP contribution < -0.4 is 10.6 Å². The van der Waals surface area contributed by atoms with E-state index in [9.17, 15) is 4.79 Å². The van der Waals surface area contributed by atoms with E-state index in [0.717, 1.165) is 18.9 Å². The molecule has 0 aromatic rings. The van der Waals surface area contributed by atoms with Gasteiger partial charge in [0.15, 0.2) is 0 Å². The Morgan fingerprint density at radius 3 is 2.47 bits per heavy atom. The molecule has 100 valence electrons. The van der Waals surface area contributed by atoms with Gasteiger partial charge in [-0.25, -0.2) is 0 Å². The van der Waals surface area contributed by atoms with Crippen LogP contribution in [0.3, 0.4) is 0 Å². The SMILES string of the molecule is CCC(C)(C)NC(=O)C(C)NCC1CCCC1. The summed E-state index contributed by atoms with van der Waals surface area (Å²) in [7, 11) is 0. The number of carbonyl (C=O) groups excluding carboxylic acids is 1. The van der Waals surface area contributed by atoms with Crippen LogP contribution in [0.1, 0.15) is 59.8 Å². The van der Waals surface area contributed by atoms with Crippen molar-refractivity contribution >= 4 is 5.91 Å². The number of hydrogen-bond donors (Lipinski definition) is 2. The summed E-state index contributed by atoms with van der Waals surface area (Å²) >= 11 is 0. The van der Waals surface area contributed by atoms with Crippen molar-refractivity contribution < 1.29 is 4.79 Å². The van der Waals surface area contributed by atoms with Crippen LogP contribution >= 0.6 is 0 Å². The third kappa shape index (κ3) is 5.07. The van der Waals surface area contributed by atoms with Crippen molar-refractivity contribution in [2.24, 2.45) is 5.92 Å². The Hall–Kier alpha value is -0.570. The molecule has 1 saturated carbocycles. The number of amides is 1. The van der Waals surface area contributed by atoms with Crippen molar-refractivity contribution in [1.29, 1.82) is 0 Å². The highest BCUT2D eigenvalue weighted by Crippen LogP contribution is 2.23. The van der Waals surface area contributed by atoms with Crippen LogP contribution in [0.5, 0.6) is 0 Å². The third-order valence-corrected chi connectivity index (χ3v) is 3.93. The number of hydrogen-bond acceptors (Lipinski definition) is 2. The Bertz CT molecular complexity index is 245. The van der Waals surface area contributed by atoms with Crippen LogP contribution in [0.15, 0.2) is 0 Å². The fourth-order valence-corrected chi connectivity index (χ4v) is 2.18. The summed E-state index contributed by atoms with van der Waals surface area (Å²) in [5, 5.41) is 6.44. The standard InChI is InChI=1S/C14H28N2O/c1-5-14(3,4)16-13(17)11(2)15-10-12-8-6-7-9-12/h11-12,15H,5-10H2,1-4H3,(H,16,17). The van der Waals surface area contributed by atoms with E-state index in [2.05, 4.69) is 31.4 Å². The molecule has 0 spiro atoms. The summed E-state index contributed by atoms with van der Waals surface area (Å²) < 4.78 is 0. The van der Waals surface area contributed by atoms with Crippen molar-refractivity contribution in [2.45, 2.75) is 71.4 Å². The molecule has 1 unspecified atom stereocenters. The van der Waals surface area contributed by atoms with E-state index in [1.165, 1.54) is 25.7 Å². The smallest absolute Gasteiger partial charge is 0.237 e. The summed E-state index contributed by atoms with van der Waals surface area (Å²) in [6.45, 7) is 9.16. The molecular formula is C14H28N2O. The average Bonchev–Trinajstić information content (AvgIpc) is 2.78. The van der Waals surface area contributed by atoms with Crippen molar-refractivity contribution in [3.63, 3.8) is 0 Å². The largest absolute Gasteiger partial charge is 0.350 e. The van der Waals surface area contributed by atoms with Gasteiger partial charge in [0.1, 0.15) is 0 Å². The first kappa shape index (κ1) is 14.5. The molecule has 0 aliphatic heterocycles. The van der Waals surface area contributed by atoms with Crippen LogP contribution in [-0.2, 0) is 4.79 Å². The van der Waals surface area contributed by atoms with Crippen LogP contribution in [0.4, 0.5) is 0 Å². The van der Waals surface area contributed by atoms with Gasteiger partial charge in [-0.1, -0.05) is 19.8 Å². The predicted molar refractivity (Wildman–Crippen MR) is 71.9 cm³/mol. The Morgan fingerprint density at radius 1 is 1.35 bits per heavy atom. The van der Waals surface area contributed by atoms with Crippen molar-refractivity contribution in [2.75, 3.05) is 6.54 Å². The number of rotatable bonds is 6. The van der Waals surface area contributed by atoms with Crippen LogP contribution in [-0.4, -0.2) is 24.0 Å². The molecule has 3 heteroatoms. The minimum atomic E-state index is -0.0968. The van der Waals surface area contributed by atoms with Crippen LogP contribution in [0, 0.1) is 5.92 Å². The lowest BCUT2D eigenvalue weighted by molar-refractivity contribution is -0.124.